The molecule has 0 bridgehead atoms. The molecule has 3 aromatic heterocycles. The Hall–Kier alpha value is -7.41. The molecular formula is C54H56F3N9O7S2. The number of aryl methyl sites for hydroxylation is 1. The van der Waals surface area contributed by atoms with Gasteiger partial charge in [0.05, 0.1) is 82.4 Å². The van der Waals surface area contributed by atoms with E-state index in [1.165, 1.54) is 33.2 Å². The highest BCUT2D eigenvalue weighted by Gasteiger charge is 2.51. The number of unbranched alkanes of at least 4 members (excludes halogenated alkanes) is 2. The highest BCUT2D eigenvalue weighted by molar-refractivity contribution is 7.81. The lowest BCUT2D eigenvalue weighted by atomic mass is 10.0. The lowest BCUT2D eigenvalue weighted by molar-refractivity contribution is -0.142. The molecule has 2 aliphatic heterocycles. The Morgan fingerprint density at radius 2 is 1.64 bits per heavy atom. The van der Waals surface area contributed by atoms with Gasteiger partial charge in [0.2, 0.25) is 11.8 Å². The molecule has 392 valence electrons. The van der Waals surface area contributed by atoms with Crippen molar-refractivity contribution in [3.05, 3.63) is 125 Å². The van der Waals surface area contributed by atoms with Crippen LogP contribution in [0.25, 0.3) is 10.4 Å². The van der Waals surface area contributed by atoms with Crippen LogP contribution in [0.3, 0.4) is 0 Å². The van der Waals surface area contributed by atoms with Gasteiger partial charge in [-0.25, -0.2) is 4.98 Å². The topological polar surface area (TPSA) is 188 Å². The molecule has 6 aromatic rings. The van der Waals surface area contributed by atoms with E-state index in [4.69, 9.17) is 26.4 Å². The van der Waals surface area contributed by atoms with Crippen molar-refractivity contribution in [2.45, 2.75) is 103 Å². The number of nitrogens with zero attached hydrogens (tertiary/aromatic N) is 8. The number of anilines is 2. The molecule has 0 unspecified atom stereocenters. The number of aliphatic hydroxyl groups is 1. The van der Waals surface area contributed by atoms with E-state index < -0.39 is 53.0 Å². The Labute approximate surface area is 441 Å². The molecule has 3 amide bonds. The van der Waals surface area contributed by atoms with E-state index in [2.05, 4.69) is 20.4 Å². The SMILES string of the molecule is Cc1ncsc1-c1ccc([C@H](C)NC(=O)[C@@H]2C[C@@H](O)CN2C(=O)[C@@H](C(C)C)n2cc(Oc3cccc(OCCCCCOc4ccc(N5C(=S)N(c6ccc(C#N)c(C(F)(F)F)c6)C(=O)C5(C)C)cc4)c3)cn2)nc1. The fraction of sp³-hybridized carbons (Fsp3) is 0.370. The van der Waals surface area contributed by atoms with Crippen LogP contribution >= 0.6 is 23.6 Å². The van der Waals surface area contributed by atoms with E-state index >= 15 is 0 Å². The van der Waals surface area contributed by atoms with Crippen molar-refractivity contribution in [1.82, 2.24) is 30.0 Å². The van der Waals surface area contributed by atoms with Gasteiger partial charge in [-0.2, -0.15) is 23.5 Å². The third kappa shape index (κ3) is 11.9. The number of aromatic nitrogens is 4. The van der Waals surface area contributed by atoms with Crippen LogP contribution in [0, 0.1) is 24.2 Å². The average Bonchev–Trinajstić information content (AvgIpc) is 4.17. The van der Waals surface area contributed by atoms with E-state index in [0.29, 0.717) is 47.6 Å². The first-order chi connectivity index (χ1) is 35.7. The van der Waals surface area contributed by atoms with Crippen LogP contribution in [0.4, 0.5) is 24.5 Å². The second-order valence-electron chi connectivity index (χ2n) is 19.2. The maximum atomic E-state index is 14.3. The highest BCUT2D eigenvalue weighted by Crippen LogP contribution is 2.40. The zero-order valence-corrected chi connectivity index (χ0v) is 43.7. The number of hydrogen-bond acceptors (Lipinski definition) is 13. The number of alkyl halides is 3. The normalized spacial score (nSPS) is 17.3. The fourth-order valence-corrected chi connectivity index (χ4v) is 10.5. The van der Waals surface area contributed by atoms with Gasteiger partial charge in [0.15, 0.2) is 10.9 Å². The minimum Gasteiger partial charge on any atom is -0.494 e. The molecule has 2 N–H and O–H groups in total. The van der Waals surface area contributed by atoms with Gasteiger partial charge in [0.1, 0.15) is 34.9 Å². The number of ether oxygens (including phenoxy) is 3. The third-order valence-corrected chi connectivity index (χ3v) is 14.4. The predicted octanol–water partition coefficient (Wildman–Crippen LogP) is 9.97. The van der Waals surface area contributed by atoms with Gasteiger partial charge < -0.3 is 34.4 Å². The summed E-state index contributed by atoms with van der Waals surface area (Å²) in [5.41, 5.74) is 1.84. The molecule has 4 atom stereocenters. The van der Waals surface area contributed by atoms with Crippen LogP contribution in [0.1, 0.15) is 94.9 Å². The third-order valence-electron chi connectivity index (χ3n) is 13.0. The van der Waals surface area contributed by atoms with Gasteiger partial charge in [-0.3, -0.25) is 28.9 Å². The molecule has 0 radical (unpaired) electrons. The number of aliphatic hydroxyl groups excluding tert-OH is 1. The van der Waals surface area contributed by atoms with Crippen LogP contribution in [0.5, 0.6) is 23.0 Å². The number of pyridine rings is 1. The summed E-state index contributed by atoms with van der Waals surface area (Å²) in [4.78, 5) is 55.6. The average molecular weight is 1060 g/mol. The molecule has 2 saturated heterocycles. The summed E-state index contributed by atoms with van der Waals surface area (Å²) in [6, 6.07) is 20.4. The number of likely N-dealkylation sites (tertiary alicyclic amines) is 1. The molecule has 21 heteroatoms. The lowest BCUT2D eigenvalue weighted by Crippen LogP contribution is -2.49. The molecule has 0 spiro atoms. The fourth-order valence-electron chi connectivity index (χ4n) is 9.14. The highest BCUT2D eigenvalue weighted by atomic mass is 32.1. The molecule has 8 rings (SSSR count). The molecule has 75 heavy (non-hydrogen) atoms. The number of thiocarbonyl (C=S) groups is 1. The van der Waals surface area contributed by atoms with Crippen molar-refractivity contribution >= 4 is 57.8 Å². The van der Waals surface area contributed by atoms with E-state index in [1.807, 2.05) is 52.0 Å². The van der Waals surface area contributed by atoms with Crippen molar-refractivity contribution < 1.29 is 46.9 Å². The molecular weight excluding hydrogens is 1010 g/mol. The van der Waals surface area contributed by atoms with E-state index in [1.54, 1.807) is 79.1 Å². The second kappa shape index (κ2) is 22.6. The number of hydrogen-bond donors (Lipinski definition) is 2. The Kier molecular flexibility index (Phi) is 16.2. The number of carbonyl (C=O) groups excluding carboxylic acids is 3. The number of nitriles is 1. The first kappa shape index (κ1) is 53.9. The van der Waals surface area contributed by atoms with Crippen molar-refractivity contribution in [3.63, 3.8) is 0 Å². The number of halogens is 3. The van der Waals surface area contributed by atoms with Gasteiger partial charge in [-0.15, -0.1) is 11.3 Å². The summed E-state index contributed by atoms with van der Waals surface area (Å²) in [6.07, 6.45) is 1.64. The van der Waals surface area contributed by atoms with Gasteiger partial charge in [-0.1, -0.05) is 26.0 Å². The summed E-state index contributed by atoms with van der Waals surface area (Å²) >= 11 is 7.18. The van der Waals surface area contributed by atoms with Crippen LogP contribution in [-0.4, -0.2) is 90.0 Å². The number of amides is 3. The second-order valence-corrected chi connectivity index (χ2v) is 20.4. The minimum absolute atomic E-state index is 0.000926. The molecule has 5 heterocycles. The summed E-state index contributed by atoms with van der Waals surface area (Å²) in [6.45, 7) is 11.7. The molecule has 2 aliphatic rings. The molecule has 0 saturated carbocycles. The van der Waals surface area contributed by atoms with Gasteiger partial charge >= 0.3 is 6.18 Å². The predicted molar refractivity (Wildman–Crippen MR) is 279 cm³/mol. The van der Waals surface area contributed by atoms with Gasteiger partial charge in [-0.05, 0) is 126 Å². The maximum absolute atomic E-state index is 14.3. The molecule has 16 nitrogen and oxygen atoms in total. The standard InChI is InChI=1S/C54H56F3N9O7S2/c1-32(2)47(50(69)63-29-39(67)24-46(63)49(68)62-33(3)45-20-14-36(27-59-45)48-34(4)60-31-75-48)64-30-43(28-61-64)73-42-12-10-11-41(25-42)72-22-9-7-8-21-71-40-18-16-37(17-19-40)66-52(74)65(51(70)53(66,5)6)38-15-13-35(26-58)44(23-38)54(55,56)57/h10-20,23,25,27-28,30-33,39,46-47,67H,7-9,21-22,24,29H2,1-6H3,(H,62,68)/t33-,39+,46-,47+/m0/s1. The molecule has 0 aliphatic carbocycles. The van der Waals surface area contributed by atoms with E-state index in [0.717, 1.165) is 52.4 Å². The number of rotatable bonds is 19. The summed E-state index contributed by atoms with van der Waals surface area (Å²) in [7, 11) is 0. The van der Waals surface area contributed by atoms with Crippen molar-refractivity contribution in [3.8, 4) is 39.5 Å². The largest absolute Gasteiger partial charge is 0.494 e. The van der Waals surface area contributed by atoms with E-state index in [-0.39, 0.29) is 41.5 Å². The number of thiazole rings is 1. The smallest absolute Gasteiger partial charge is 0.417 e. The van der Waals surface area contributed by atoms with Crippen molar-refractivity contribution in [2.75, 3.05) is 29.6 Å². The zero-order chi connectivity index (χ0) is 53.8. The molecule has 3 aromatic carbocycles. The Morgan fingerprint density at radius 1 is 0.933 bits per heavy atom. The Morgan fingerprint density at radius 3 is 2.29 bits per heavy atom. The first-order valence-electron chi connectivity index (χ1n) is 24.4. The Balaban J connectivity index is 0.787. The Bertz CT molecular complexity index is 3080. The monoisotopic (exact) mass is 1060 g/mol. The quantitative estimate of drug-likeness (QED) is 0.0577. The van der Waals surface area contributed by atoms with Crippen molar-refractivity contribution in [2.24, 2.45) is 5.92 Å². The van der Waals surface area contributed by atoms with Crippen LogP contribution < -0.4 is 29.3 Å². The molecule has 2 fully saturated rings. The number of nitrogens with one attached hydrogen (secondary N) is 1. The van der Waals surface area contributed by atoms with Crippen LogP contribution in [0.2, 0.25) is 0 Å². The summed E-state index contributed by atoms with van der Waals surface area (Å²) in [5, 5.41) is 27.4. The number of β-amino-alcohol motifs (C(OH)–C–C–N with tert-alkyl or cyclic N) is 1. The van der Waals surface area contributed by atoms with E-state index in [9.17, 15) is 37.9 Å². The first-order valence-corrected chi connectivity index (χ1v) is 25.7. The number of benzene rings is 3. The number of carbonyl (C=O) groups is 3. The summed E-state index contributed by atoms with van der Waals surface area (Å²) < 4.78 is 60.9. The zero-order valence-electron chi connectivity index (χ0n) is 42.1. The summed E-state index contributed by atoms with van der Waals surface area (Å²) in [5.74, 6) is 0.612. The van der Waals surface area contributed by atoms with Gasteiger partial charge in [0, 0.05) is 36.5 Å². The van der Waals surface area contributed by atoms with Gasteiger partial charge in [0.25, 0.3) is 5.91 Å². The van der Waals surface area contributed by atoms with Crippen LogP contribution in [-0.2, 0) is 20.6 Å². The lowest BCUT2D eigenvalue weighted by Gasteiger charge is -2.30. The maximum Gasteiger partial charge on any atom is 0.417 e. The van der Waals surface area contributed by atoms with Crippen LogP contribution in [0.15, 0.2) is 103 Å². The van der Waals surface area contributed by atoms with Crippen molar-refractivity contribution in [1.29, 1.82) is 5.26 Å². The minimum atomic E-state index is -4.80.